The van der Waals surface area contributed by atoms with Crippen molar-refractivity contribution in [1.82, 2.24) is 19.6 Å². The van der Waals surface area contributed by atoms with Crippen molar-refractivity contribution in [3.63, 3.8) is 0 Å². The van der Waals surface area contributed by atoms with Gasteiger partial charge in [0.05, 0.1) is 16.9 Å². The van der Waals surface area contributed by atoms with Gasteiger partial charge in [-0.3, -0.25) is 9.59 Å². The summed E-state index contributed by atoms with van der Waals surface area (Å²) >= 11 is 0. The van der Waals surface area contributed by atoms with Crippen molar-refractivity contribution in [3.8, 4) is 5.69 Å². The number of aryl methyl sites for hydroxylation is 2. The third kappa shape index (κ3) is 4.97. The van der Waals surface area contributed by atoms with Gasteiger partial charge in [0, 0.05) is 49.9 Å². The summed E-state index contributed by atoms with van der Waals surface area (Å²) in [5.74, 6) is -2.26. The van der Waals surface area contributed by atoms with Crippen molar-refractivity contribution >= 4 is 11.8 Å². The van der Waals surface area contributed by atoms with Crippen molar-refractivity contribution in [3.05, 3.63) is 82.2 Å². The van der Waals surface area contributed by atoms with Gasteiger partial charge in [-0.2, -0.15) is 5.10 Å². The summed E-state index contributed by atoms with van der Waals surface area (Å²) in [7, 11) is 1.79. The fourth-order valence-corrected chi connectivity index (χ4v) is 4.73. The molecule has 2 aromatic carbocycles. The maximum absolute atomic E-state index is 14.0. The Hall–Kier alpha value is -3.55. The molecule has 35 heavy (non-hydrogen) atoms. The van der Waals surface area contributed by atoms with Crippen LogP contribution in [0.25, 0.3) is 5.69 Å². The highest BCUT2D eigenvalue weighted by Gasteiger charge is 2.31. The van der Waals surface area contributed by atoms with E-state index in [9.17, 15) is 18.4 Å². The molecule has 0 radical (unpaired) electrons. The van der Waals surface area contributed by atoms with Gasteiger partial charge < -0.3 is 9.80 Å². The molecule has 6 nitrogen and oxygen atoms in total. The van der Waals surface area contributed by atoms with Gasteiger partial charge in [0.1, 0.15) is 11.6 Å². The molecule has 1 fully saturated rings. The second kappa shape index (κ2) is 9.98. The minimum Gasteiger partial charge on any atom is -0.341 e. The smallest absolute Gasteiger partial charge is 0.256 e. The van der Waals surface area contributed by atoms with Gasteiger partial charge in [-0.25, -0.2) is 13.5 Å². The Labute approximate surface area is 204 Å². The SMILES string of the molecule is Cc1ccccc1-n1nc(C)c(CN(C)C(=O)C2CCN(C(=O)c3ccc(F)cc3F)CC2)c1C. The summed E-state index contributed by atoms with van der Waals surface area (Å²) in [5.41, 5.74) is 4.89. The molecule has 184 valence electrons. The van der Waals surface area contributed by atoms with Crippen molar-refractivity contribution in [2.75, 3.05) is 20.1 Å². The van der Waals surface area contributed by atoms with Crippen LogP contribution in [-0.2, 0) is 11.3 Å². The molecule has 8 heteroatoms. The lowest BCUT2D eigenvalue weighted by Gasteiger charge is -2.33. The van der Waals surface area contributed by atoms with Gasteiger partial charge in [-0.15, -0.1) is 0 Å². The summed E-state index contributed by atoms with van der Waals surface area (Å²) in [6.07, 6.45) is 0.996. The van der Waals surface area contributed by atoms with E-state index in [1.165, 1.54) is 11.0 Å². The molecule has 2 heterocycles. The van der Waals surface area contributed by atoms with Crippen LogP contribution in [0.3, 0.4) is 0 Å². The fourth-order valence-electron chi connectivity index (χ4n) is 4.73. The van der Waals surface area contributed by atoms with Gasteiger partial charge in [0.2, 0.25) is 5.91 Å². The minimum atomic E-state index is -0.870. The number of hydrogen-bond donors (Lipinski definition) is 0. The zero-order valence-electron chi connectivity index (χ0n) is 20.5. The number of piperidine rings is 1. The Balaban J connectivity index is 1.40. The number of nitrogens with zero attached hydrogens (tertiary/aromatic N) is 4. The number of rotatable bonds is 5. The average molecular weight is 481 g/mol. The third-order valence-electron chi connectivity index (χ3n) is 6.85. The molecular formula is C27H30F2N4O2. The number of benzene rings is 2. The number of amides is 2. The van der Waals surface area contributed by atoms with E-state index in [2.05, 4.69) is 0 Å². The maximum Gasteiger partial charge on any atom is 0.256 e. The standard InChI is InChI=1S/C27H30F2N4O2/c1-17-7-5-6-8-25(17)33-19(3)23(18(2)30-33)16-31(4)26(34)20-11-13-32(14-12-20)27(35)22-10-9-21(28)15-24(22)29/h5-10,15,20H,11-14,16H2,1-4H3. The van der Waals surface area contributed by atoms with Gasteiger partial charge in [-0.05, 0) is 57.4 Å². The zero-order valence-corrected chi connectivity index (χ0v) is 20.5. The Kier molecular flexibility index (Phi) is 7.00. The summed E-state index contributed by atoms with van der Waals surface area (Å²) in [5, 5.41) is 4.72. The highest BCUT2D eigenvalue weighted by Crippen LogP contribution is 2.25. The van der Waals surface area contributed by atoms with Crippen LogP contribution in [0.15, 0.2) is 42.5 Å². The molecule has 4 rings (SSSR count). The Morgan fingerprint density at radius 1 is 1.06 bits per heavy atom. The van der Waals surface area contributed by atoms with E-state index in [-0.39, 0.29) is 17.4 Å². The van der Waals surface area contributed by atoms with Gasteiger partial charge in [0.15, 0.2) is 0 Å². The summed E-state index contributed by atoms with van der Waals surface area (Å²) in [6.45, 7) is 7.16. The van der Waals surface area contributed by atoms with E-state index in [1.54, 1.807) is 11.9 Å². The number of carbonyl (C=O) groups excluding carboxylic acids is 2. The maximum atomic E-state index is 14.0. The van der Waals surface area contributed by atoms with E-state index in [4.69, 9.17) is 5.10 Å². The summed E-state index contributed by atoms with van der Waals surface area (Å²) in [4.78, 5) is 29.1. The second-order valence-corrected chi connectivity index (χ2v) is 9.23. The number of likely N-dealkylation sites (tertiary alicyclic amines) is 1. The van der Waals surface area contributed by atoms with Crippen LogP contribution in [0, 0.1) is 38.3 Å². The number of aromatic nitrogens is 2. The molecule has 0 saturated carbocycles. The molecule has 0 spiro atoms. The van der Waals surface area contributed by atoms with E-state index in [0.29, 0.717) is 38.5 Å². The predicted octanol–water partition coefficient (Wildman–Crippen LogP) is 4.59. The first-order chi connectivity index (χ1) is 16.7. The monoisotopic (exact) mass is 480 g/mol. The molecule has 0 N–H and O–H groups in total. The molecule has 0 atom stereocenters. The van der Waals surface area contributed by atoms with Gasteiger partial charge in [-0.1, -0.05) is 18.2 Å². The number of hydrogen-bond acceptors (Lipinski definition) is 3. The first kappa shape index (κ1) is 24.6. The number of halogens is 2. The minimum absolute atomic E-state index is 0.0208. The quantitative estimate of drug-likeness (QED) is 0.537. The first-order valence-electron chi connectivity index (χ1n) is 11.8. The molecule has 1 aliphatic heterocycles. The Morgan fingerprint density at radius 3 is 2.40 bits per heavy atom. The van der Waals surface area contributed by atoms with Gasteiger partial charge in [0.25, 0.3) is 5.91 Å². The summed E-state index contributed by atoms with van der Waals surface area (Å²) < 4.78 is 29.1. The predicted molar refractivity (Wildman–Crippen MR) is 129 cm³/mol. The second-order valence-electron chi connectivity index (χ2n) is 9.23. The molecule has 1 aromatic heterocycles. The first-order valence-corrected chi connectivity index (χ1v) is 11.8. The molecule has 3 aromatic rings. The van der Waals surface area contributed by atoms with Crippen LogP contribution in [-0.4, -0.2) is 51.5 Å². The van der Waals surface area contributed by atoms with Crippen molar-refractivity contribution in [1.29, 1.82) is 0 Å². The van der Waals surface area contributed by atoms with Crippen LogP contribution in [0.2, 0.25) is 0 Å². The average Bonchev–Trinajstić information content (AvgIpc) is 3.11. The lowest BCUT2D eigenvalue weighted by Crippen LogP contribution is -2.43. The molecule has 0 unspecified atom stereocenters. The molecular weight excluding hydrogens is 450 g/mol. The van der Waals surface area contributed by atoms with E-state index in [1.807, 2.05) is 49.7 Å². The van der Waals surface area contributed by atoms with Crippen molar-refractivity contribution in [2.45, 2.75) is 40.2 Å². The van der Waals surface area contributed by atoms with Crippen LogP contribution >= 0.6 is 0 Å². The molecule has 0 bridgehead atoms. The van der Waals surface area contributed by atoms with Crippen LogP contribution < -0.4 is 0 Å². The lowest BCUT2D eigenvalue weighted by molar-refractivity contribution is -0.136. The van der Waals surface area contributed by atoms with E-state index < -0.39 is 17.5 Å². The lowest BCUT2D eigenvalue weighted by atomic mass is 9.94. The van der Waals surface area contributed by atoms with Crippen LogP contribution in [0.5, 0.6) is 0 Å². The Bertz CT molecular complexity index is 1260. The van der Waals surface area contributed by atoms with Crippen molar-refractivity contribution < 1.29 is 18.4 Å². The third-order valence-corrected chi connectivity index (χ3v) is 6.85. The zero-order chi connectivity index (χ0) is 25.3. The number of carbonyl (C=O) groups is 2. The van der Waals surface area contributed by atoms with E-state index >= 15 is 0 Å². The normalized spacial score (nSPS) is 14.3. The highest BCUT2D eigenvalue weighted by molar-refractivity contribution is 5.94. The fraction of sp³-hybridized carbons (Fsp3) is 0.370. The topological polar surface area (TPSA) is 58.4 Å². The van der Waals surface area contributed by atoms with Crippen molar-refractivity contribution in [2.24, 2.45) is 5.92 Å². The van der Waals surface area contributed by atoms with Crippen LogP contribution in [0.4, 0.5) is 8.78 Å². The molecule has 0 aliphatic carbocycles. The Morgan fingerprint density at radius 2 is 1.74 bits per heavy atom. The van der Waals surface area contributed by atoms with Crippen LogP contribution in [0.1, 0.15) is 45.7 Å². The highest BCUT2D eigenvalue weighted by atomic mass is 19.1. The van der Waals surface area contributed by atoms with Gasteiger partial charge >= 0.3 is 0 Å². The number of para-hydroxylation sites is 1. The molecule has 1 aliphatic rings. The largest absolute Gasteiger partial charge is 0.341 e. The van der Waals surface area contributed by atoms with E-state index in [0.717, 1.165) is 34.3 Å². The summed E-state index contributed by atoms with van der Waals surface area (Å²) in [6, 6.07) is 11.0. The molecule has 2 amide bonds. The molecule has 1 saturated heterocycles.